The third-order valence-corrected chi connectivity index (χ3v) is 3.22. The molecule has 0 aliphatic heterocycles. The van der Waals surface area contributed by atoms with Crippen LogP contribution in [0, 0.1) is 6.92 Å². The van der Waals surface area contributed by atoms with Crippen molar-refractivity contribution >= 4 is 22.7 Å². The molecular weight excluding hydrogens is 204 g/mol. The summed E-state index contributed by atoms with van der Waals surface area (Å²) in [5, 5.41) is 5.52. The average Bonchev–Trinajstić information content (AvgIpc) is 2.64. The van der Waals surface area contributed by atoms with Crippen LogP contribution in [0.1, 0.15) is 10.4 Å². The molecule has 0 aliphatic rings. The Bertz CT molecular complexity index is 431. The monoisotopic (exact) mass is 218 g/mol. The first-order valence-corrected chi connectivity index (χ1v) is 5.75. The highest BCUT2D eigenvalue weighted by Crippen LogP contribution is 2.16. The molecule has 2 nitrogen and oxygen atoms in total. The first-order chi connectivity index (χ1) is 7.24. The van der Waals surface area contributed by atoms with Gasteiger partial charge in [0.1, 0.15) is 0 Å². The van der Waals surface area contributed by atoms with E-state index < -0.39 is 0 Å². The van der Waals surface area contributed by atoms with Crippen molar-refractivity contribution in [1.82, 2.24) is 0 Å². The minimum absolute atomic E-state index is 0.799. The number of aryl methyl sites for hydroxylation is 1. The summed E-state index contributed by atoms with van der Waals surface area (Å²) < 4.78 is 0. The van der Waals surface area contributed by atoms with Gasteiger partial charge in [0.15, 0.2) is 0 Å². The van der Waals surface area contributed by atoms with Gasteiger partial charge < -0.3 is 11.1 Å². The van der Waals surface area contributed by atoms with Crippen LogP contribution in [-0.2, 0) is 6.54 Å². The molecular formula is C12H14N2S. The lowest BCUT2D eigenvalue weighted by molar-refractivity contribution is 1.19. The third kappa shape index (κ3) is 2.73. The summed E-state index contributed by atoms with van der Waals surface area (Å²) in [5.74, 6) is 0. The highest BCUT2D eigenvalue weighted by molar-refractivity contribution is 7.10. The van der Waals surface area contributed by atoms with Crippen LogP contribution in [-0.4, -0.2) is 0 Å². The Morgan fingerprint density at radius 3 is 2.60 bits per heavy atom. The van der Waals surface area contributed by atoms with Crippen LogP contribution in [0.4, 0.5) is 11.4 Å². The number of anilines is 2. The summed E-state index contributed by atoms with van der Waals surface area (Å²) in [6, 6.07) is 10.0. The lowest BCUT2D eigenvalue weighted by Gasteiger charge is -2.04. The number of hydrogen-bond donors (Lipinski definition) is 2. The van der Waals surface area contributed by atoms with Crippen molar-refractivity contribution in [2.24, 2.45) is 0 Å². The fourth-order valence-corrected chi connectivity index (χ4v) is 2.19. The zero-order valence-electron chi connectivity index (χ0n) is 8.66. The van der Waals surface area contributed by atoms with Gasteiger partial charge in [-0.2, -0.15) is 0 Å². The van der Waals surface area contributed by atoms with E-state index in [1.54, 1.807) is 11.3 Å². The zero-order chi connectivity index (χ0) is 10.7. The van der Waals surface area contributed by atoms with Crippen LogP contribution in [0.3, 0.4) is 0 Å². The molecule has 3 N–H and O–H groups in total. The lowest BCUT2D eigenvalue weighted by Crippen LogP contribution is -1.97. The van der Waals surface area contributed by atoms with Crippen LogP contribution in [0.25, 0.3) is 0 Å². The van der Waals surface area contributed by atoms with Crippen molar-refractivity contribution < 1.29 is 0 Å². The van der Waals surface area contributed by atoms with E-state index in [2.05, 4.69) is 23.7 Å². The Hall–Kier alpha value is -1.48. The van der Waals surface area contributed by atoms with Crippen molar-refractivity contribution in [3.63, 3.8) is 0 Å². The molecule has 1 aromatic carbocycles. The first kappa shape index (κ1) is 10.1. The molecule has 0 bridgehead atoms. The van der Waals surface area contributed by atoms with E-state index in [1.807, 2.05) is 24.3 Å². The molecule has 2 rings (SSSR count). The second kappa shape index (κ2) is 4.36. The molecule has 15 heavy (non-hydrogen) atoms. The second-order valence-electron chi connectivity index (χ2n) is 3.57. The first-order valence-electron chi connectivity index (χ1n) is 4.87. The normalized spacial score (nSPS) is 10.2. The van der Waals surface area contributed by atoms with E-state index in [9.17, 15) is 0 Å². The number of thiophene rings is 1. The largest absolute Gasteiger partial charge is 0.399 e. The van der Waals surface area contributed by atoms with Gasteiger partial charge in [0.05, 0.1) is 0 Å². The summed E-state index contributed by atoms with van der Waals surface area (Å²) in [7, 11) is 0. The fourth-order valence-electron chi connectivity index (χ4n) is 1.37. The lowest BCUT2D eigenvalue weighted by atomic mass is 10.3. The molecule has 0 unspecified atom stereocenters. The molecule has 0 amide bonds. The Balaban J connectivity index is 1.96. The molecule has 1 aromatic heterocycles. The molecule has 0 saturated heterocycles. The van der Waals surface area contributed by atoms with Crippen LogP contribution >= 0.6 is 11.3 Å². The fraction of sp³-hybridized carbons (Fsp3) is 0.167. The molecule has 0 fully saturated rings. The number of rotatable bonds is 3. The molecule has 0 spiro atoms. The molecule has 1 heterocycles. The predicted octanol–water partition coefficient (Wildman–Crippen LogP) is 3.25. The van der Waals surface area contributed by atoms with Gasteiger partial charge in [0, 0.05) is 22.8 Å². The Morgan fingerprint density at radius 1 is 1.27 bits per heavy atom. The van der Waals surface area contributed by atoms with Crippen molar-refractivity contribution in [2.45, 2.75) is 13.5 Å². The molecule has 2 aromatic rings. The van der Waals surface area contributed by atoms with Gasteiger partial charge in [-0.25, -0.2) is 0 Å². The maximum absolute atomic E-state index is 5.61. The minimum atomic E-state index is 0.799. The molecule has 3 heteroatoms. The molecule has 0 aliphatic carbocycles. The van der Waals surface area contributed by atoms with Gasteiger partial charge in [-0.15, -0.1) is 11.3 Å². The Kier molecular flexibility index (Phi) is 2.92. The topological polar surface area (TPSA) is 38.0 Å². The highest BCUT2D eigenvalue weighted by Gasteiger charge is 1.96. The average molecular weight is 218 g/mol. The molecule has 78 valence electrons. The summed E-state index contributed by atoms with van der Waals surface area (Å²) in [4.78, 5) is 1.35. The summed E-state index contributed by atoms with van der Waals surface area (Å²) in [6.45, 7) is 2.99. The van der Waals surface area contributed by atoms with Crippen molar-refractivity contribution in [2.75, 3.05) is 11.1 Å². The van der Waals surface area contributed by atoms with E-state index in [1.165, 1.54) is 10.4 Å². The maximum Gasteiger partial charge on any atom is 0.0494 e. The summed E-state index contributed by atoms with van der Waals surface area (Å²) >= 11 is 1.78. The third-order valence-electron chi connectivity index (χ3n) is 2.16. The number of hydrogen-bond acceptors (Lipinski definition) is 3. The van der Waals surface area contributed by atoms with Crippen LogP contribution in [0.5, 0.6) is 0 Å². The molecule has 0 atom stereocenters. The van der Waals surface area contributed by atoms with Gasteiger partial charge >= 0.3 is 0 Å². The molecule has 0 radical (unpaired) electrons. The van der Waals surface area contributed by atoms with E-state index in [0.29, 0.717) is 0 Å². The SMILES string of the molecule is Cc1csc(CNc2ccc(N)cc2)c1. The van der Waals surface area contributed by atoms with Crippen molar-refractivity contribution in [3.8, 4) is 0 Å². The predicted molar refractivity (Wildman–Crippen MR) is 67.2 cm³/mol. The van der Waals surface area contributed by atoms with Crippen molar-refractivity contribution in [3.05, 3.63) is 46.2 Å². The van der Waals surface area contributed by atoms with Gasteiger partial charge in [0.2, 0.25) is 0 Å². The minimum Gasteiger partial charge on any atom is -0.399 e. The van der Waals surface area contributed by atoms with Gasteiger partial charge in [-0.3, -0.25) is 0 Å². The van der Waals surface area contributed by atoms with Crippen LogP contribution in [0.15, 0.2) is 35.7 Å². The smallest absolute Gasteiger partial charge is 0.0494 e. The number of benzene rings is 1. The Morgan fingerprint density at radius 2 is 2.00 bits per heavy atom. The highest BCUT2D eigenvalue weighted by atomic mass is 32.1. The number of nitrogens with two attached hydrogens (primary N) is 1. The van der Waals surface area contributed by atoms with Crippen LogP contribution < -0.4 is 11.1 Å². The zero-order valence-corrected chi connectivity index (χ0v) is 9.47. The van der Waals surface area contributed by atoms with Gasteiger partial charge in [-0.05, 0) is 48.2 Å². The van der Waals surface area contributed by atoms with E-state index >= 15 is 0 Å². The van der Waals surface area contributed by atoms with Crippen molar-refractivity contribution in [1.29, 1.82) is 0 Å². The summed E-state index contributed by atoms with van der Waals surface area (Å²) in [6.07, 6.45) is 0. The second-order valence-corrected chi connectivity index (χ2v) is 4.56. The maximum atomic E-state index is 5.61. The quantitative estimate of drug-likeness (QED) is 0.776. The Labute approximate surface area is 93.7 Å². The van der Waals surface area contributed by atoms with Gasteiger partial charge in [-0.1, -0.05) is 0 Å². The van der Waals surface area contributed by atoms with E-state index in [4.69, 9.17) is 5.73 Å². The van der Waals surface area contributed by atoms with Gasteiger partial charge in [0.25, 0.3) is 0 Å². The standard InChI is InChI=1S/C12H14N2S/c1-9-6-12(15-8-9)7-14-11-4-2-10(13)3-5-11/h2-6,8,14H,7,13H2,1H3. The summed E-state index contributed by atoms with van der Waals surface area (Å²) in [5.41, 5.74) is 8.84. The number of nitrogens with one attached hydrogen (secondary N) is 1. The molecule has 0 saturated carbocycles. The van der Waals surface area contributed by atoms with E-state index in [-0.39, 0.29) is 0 Å². The van der Waals surface area contributed by atoms with Crippen LogP contribution in [0.2, 0.25) is 0 Å². The number of nitrogen functional groups attached to an aromatic ring is 1. The van der Waals surface area contributed by atoms with E-state index in [0.717, 1.165) is 17.9 Å².